The summed E-state index contributed by atoms with van der Waals surface area (Å²) in [5.74, 6) is -1.36. The van der Waals surface area contributed by atoms with Crippen LogP contribution in [0.4, 0.5) is 0 Å². The standard InChI is InChI=1S/C28H50N2O13/c1-22(34)30-27-23(20-32)28(36)25(21-33)43-24(27)4-2-8-37-12-15-40-11-6-29-26(35)5-10-39-14-17-42-19-18-41-16-13-38-9-3-7-31/h7,20,23-25,27-28,33,36H,2-6,8-19,21H2,1H3,(H,29,35)(H,30,34)/t23-,24-,25-,27-,28-/m1/s1. The van der Waals surface area contributed by atoms with Gasteiger partial charge in [0.15, 0.2) is 0 Å². The van der Waals surface area contributed by atoms with Crippen molar-refractivity contribution in [3.63, 3.8) is 0 Å². The Morgan fingerprint density at radius 3 is 1.91 bits per heavy atom. The summed E-state index contributed by atoms with van der Waals surface area (Å²) in [5.41, 5.74) is 0. The predicted octanol–water partition coefficient (Wildman–Crippen LogP) is -1.60. The van der Waals surface area contributed by atoms with E-state index in [2.05, 4.69) is 10.6 Å². The first kappa shape index (κ1) is 38.9. The van der Waals surface area contributed by atoms with Crippen LogP contribution in [0.25, 0.3) is 0 Å². The average molecular weight is 623 g/mol. The van der Waals surface area contributed by atoms with Crippen LogP contribution in [0.1, 0.15) is 32.6 Å². The van der Waals surface area contributed by atoms with Crippen molar-refractivity contribution in [1.82, 2.24) is 10.6 Å². The Hall–Kier alpha value is -2.08. The maximum absolute atomic E-state index is 11.9. The fourth-order valence-electron chi connectivity index (χ4n) is 4.20. The molecule has 250 valence electrons. The minimum Gasteiger partial charge on any atom is -0.394 e. The number of amides is 2. The predicted molar refractivity (Wildman–Crippen MR) is 151 cm³/mol. The summed E-state index contributed by atoms with van der Waals surface area (Å²) >= 11 is 0. The second-order valence-electron chi connectivity index (χ2n) is 9.70. The molecule has 1 heterocycles. The number of hydrogen-bond acceptors (Lipinski definition) is 13. The summed E-state index contributed by atoms with van der Waals surface area (Å²) in [6, 6.07) is -0.693. The summed E-state index contributed by atoms with van der Waals surface area (Å²) in [6.07, 6.45) is 0.385. The van der Waals surface area contributed by atoms with Crippen LogP contribution in [0.15, 0.2) is 0 Å². The number of rotatable bonds is 28. The highest BCUT2D eigenvalue weighted by Crippen LogP contribution is 2.27. The second kappa shape index (κ2) is 26.3. The fourth-order valence-corrected chi connectivity index (χ4v) is 4.20. The van der Waals surface area contributed by atoms with Crippen LogP contribution in [0.3, 0.4) is 0 Å². The molecule has 1 aliphatic rings. The van der Waals surface area contributed by atoms with Crippen LogP contribution < -0.4 is 10.6 Å². The zero-order chi connectivity index (χ0) is 31.5. The Labute approximate surface area is 253 Å². The van der Waals surface area contributed by atoms with E-state index in [9.17, 15) is 29.4 Å². The van der Waals surface area contributed by atoms with Crippen molar-refractivity contribution in [2.45, 2.75) is 57.0 Å². The number of aliphatic hydroxyl groups is 2. The molecule has 15 nitrogen and oxygen atoms in total. The van der Waals surface area contributed by atoms with Gasteiger partial charge in [0, 0.05) is 32.9 Å². The molecule has 1 rings (SSSR count). The zero-order valence-corrected chi connectivity index (χ0v) is 25.2. The monoisotopic (exact) mass is 622 g/mol. The summed E-state index contributed by atoms with van der Waals surface area (Å²) in [6.45, 7) is 5.89. The van der Waals surface area contributed by atoms with Crippen molar-refractivity contribution >= 4 is 24.4 Å². The van der Waals surface area contributed by atoms with Gasteiger partial charge in [0.2, 0.25) is 11.8 Å². The van der Waals surface area contributed by atoms with Gasteiger partial charge in [-0.1, -0.05) is 0 Å². The Morgan fingerprint density at radius 1 is 0.791 bits per heavy atom. The molecule has 4 N–H and O–H groups in total. The maximum Gasteiger partial charge on any atom is 0.222 e. The highest BCUT2D eigenvalue weighted by Gasteiger charge is 2.44. The normalized spacial score (nSPS) is 21.8. The van der Waals surface area contributed by atoms with Gasteiger partial charge in [0.25, 0.3) is 0 Å². The molecular formula is C28H50N2O13. The van der Waals surface area contributed by atoms with Crippen LogP contribution in [-0.2, 0) is 52.3 Å². The first-order chi connectivity index (χ1) is 20.9. The molecule has 0 aromatic carbocycles. The van der Waals surface area contributed by atoms with Gasteiger partial charge in [-0.25, -0.2) is 0 Å². The molecule has 0 aliphatic carbocycles. The lowest BCUT2D eigenvalue weighted by atomic mass is 9.83. The molecule has 0 bridgehead atoms. The fraction of sp³-hybridized carbons (Fsp3) is 0.857. The largest absolute Gasteiger partial charge is 0.394 e. The molecule has 43 heavy (non-hydrogen) atoms. The number of ether oxygens (including phenoxy) is 7. The van der Waals surface area contributed by atoms with E-state index in [1.165, 1.54) is 6.92 Å². The number of carbonyl (C=O) groups excluding carboxylic acids is 4. The molecule has 0 saturated carbocycles. The van der Waals surface area contributed by atoms with Gasteiger partial charge < -0.3 is 63.6 Å². The van der Waals surface area contributed by atoms with Crippen molar-refractivity contribution in [3.05, 3.63) is 0 Å². The SMILES string of the molecule is CC(=O)N[C@@H]1[C@@H](C=O)[C@@H](O)[C@@H](CO)O[C@@H]1CCCOCCOCCNC(=O)CCOCCOCCOCCOCCC=O. The van der Waals surface area contributed by atoms with E-state index < -0.39 is 36.9 Å². The van der Waals surface area contributed by atoms with E-state index in [0.29, 0.717) is 105 Å². The molecule has 0 unspecified atom stereocenters. The van der Waals surface area contributed by atoms with Crippen molar-refractivity contribution in [2.75, 3.05) is 92.4 Å². The van der Waals surface area contributed by atoms with Gasteiger partial charge in [-0.3, -0.25) is 9.59 Å². The van der Waals surface area contributed by atoms with Gasteiger partial charge in [-0.2, -0.15) is 0 Å². The number of aldehydes is 2. The van der Waals surface area contributed by atoms with Crippen LogP contribution in [-0.4, -0.2) is 151 Å². The van der Waals surface area contributed by atoms with Crippen molar-refractivity contribution in [1.29, 1.82) is 0 Å². The first-order valence-electron chi connectivity index (χ1n) is 14.8. The van der Waals surface area contributed by atoms with Gasteiger partial charge in [0.1, 0.15) is 18.7 Å². The second-order valence-corrected chi connectivity index (χ2v) is 9.70. The van der Waals surface area contributed by atoms with Crippen molar-refractivity contribution < 1.29 is 62.5 Å². The third kappa shape index (κ3) is 19.0. The van der Waals surface area contributed by atoms with E-state index in [4.69, 9.17) is 33.2 Å². The Balaban J connectivity index is 1.95. The van der Waals surface area contributed by atoms with Crippen LogP contribution in [0.5, 0.6) is 0 Å². The number of hydrogen-bond donors (Lipinski definition) is 4. The van der Waals surface area contributed by atoms with Gasteiger partial charge in [0.05, 0.1) is 103 Å². The molecule has 0 radical (unpaired) electrons. The minimum atomic E-state index is -1.21. The number of nitrogens with one attached hydrogen (secondary N) is 2. The molecule has 1 fully saturated rings. The Kier molecular flexibility index (Phi) is 23.8. The maximum atomic E-state index is 11.9. The molecule has 0 aromatic heterocycles. The summed E-state index contributed by atoms with van der Waals surface area (Å²) in [7, 11) is 0. The lowest BCUT2D eigenvalue weighted by Crippen LogP contribution is -2.61. The van der Waals surface area contributed by atoms with Gasteiger partial charge >= 0.3 is 0 Å². The number of aliphatic hydroxyl groups excluding tert-OH is 2. The molecule has 1 saturated heterocycles. The smallest absolute Gasteiger partial charge is 0.222 e. The van der Waals surface area contributed by atoms with Crippen LogP contribution >= 0.6 is 0 Å². The highest BCUT2D eigenvalue weighted by molar-refractivity contribution is 5.76. The van der Waals surface area contributed by atoms with E-state index in [-0.39, 0.29) is 24.8 Å². The third-order valence-electron chi connectivity index (χ3n) is 6.33. The Bertz CT molecular complexity index is 745. The molecule has 0 spiro atoms. The quantitative estimate of drug-likeness (QED) is 0.0576. The molecule has 0 aromatic rings. The summed E-state index contributed by atoms with van der Waals surface area (Å²) in [4.78, 5) is 45.1. The van der Waals surface area contributed by atoms with E-state index in [1.807, 2.05) is 0 Å². The lowest BCUT2D eigenvalue weighted by Gasteiger charge is -2.43. The topological polar surface area (TPSA) is 197 Å². The van der Waals surface area contributed by atoms with Crippen molar-refractivity contribution in [2.24, 2.45) is 5.92 Å². The van der Waals surface area contributed by atoms with Crippen molar-refractivity contribution in [3.8, 4) is 0 Å². The van der Waals surface area contributed by atoms with E-state index >= 15 is 0 Å². The summed E-state index contributed by atoms with van der Waals surface area (Å²) in [5, 5.41) is 25.2. The van der Waals surface area contributed by atoms with E-state index in [1.54, 1.807) is 0 Å². The van der Waals surface area contributed by atoms with Gasteiger partial charge in [-0.05, 0) is 12.8 Å². The first-order valence-corrected chi connectivity index (χ1v) is 14.8. The Morgan fingerprint density at radius 2 is 1.35 bits per heavy atom. The van der Waals surface area contributed by atoms with Gasteiger partial charge in [-0.15, -0.1) is 0 Å². The van der Waals surface area contributed by atoms with Crippen LogP contribution in [0, 0.1) is 5.92 Å². The number of carbonyl (C=O) groups is 4. The average Bonchev–Trinajstić information content (AvgIpc) is 2.99. The highest BCUT2D eigenvalue weighted by atomic mass is 16.6. The third-order valence-corrected chi connectivity index (χ3v) is 6.33. The molecule has 15 heteroatoms. The molecular weight excluding hydrogens is 572 g/mol. The molecule has 1 aliphatic heterocycles. The lowest BCUT2D eigenvalue weighted by molar-refractivity contribution is -0.177. The summed E-state index contributed by atoms with van der Waals surface area (Å²) < 4.78 is 38.0. The molecule has 5 atom stereocenters. The van der Waals surface area contributed by atoms with Crippen LogP contribution in [0.2, 0.25) is 0 Å². The minimum absolute atomic E-state index is 0.139. The zero-order valence-electron chi connectivity index (χ0n) is 25.2. The molecule has 2 amide bonds. The van der Waals surface area contributed by atoms with E-state index in [0.717, 1.165) is 6.29 Å².